The summed E-state index contributed by atoms with van der Waals surface area (Å²) in [6, 6.07) is 3.76. The van der Waals surface area contributed by atoms with Gasteiger partial charge in [0.2, 0.25) is 0 Å². The van der Waals surface area contributed by atoms with Gasteiger partial charge in [0.15, 0.2) is 0 Å². The van der Waals surface area contributed by atoms with Crippen LogP contribution in [0.1, 0.15) is 24.9 Å². The fraction of sp³-hybridized carbons (Fsp3) is 0.455. The molecule has 0 saturated heterocycles. The lowest BCUT2D eigenvalue weighted by Gasteiger charge is -2.14. The summed E-state index contributed by atoms with van der Waals surface area (Å²) < 4.78 is 4.90. The van der Waals surface area contributed by atoms with Crippen LogP contribution >= 0.6 is 0 Å². The van der Waals surface area contributed by atoms with Crippen molar-refractivity contribution < 1.29 is 9.53 Å². The first-order chi connectivity index (χ1) is 7.27. The molecule has 0 spiro atoms. The topological polar surface area (TPSA) is 51.2 Å². The summed E-state index contributed by atoms with van der Waals surface area (Å²) >= 11 is 0. The molecule has 0 saturated carbocycles. The smallest absolute Gasteiger partial charge is 0.307 e. The summed E-state index contributed by atoms with van der Waals surface area (Å²) in [4.78, 5) is 15.3. The Labute approximate surface area is 89.7 Å². The van der Waals surface area contributed by atoms with Crippen LogP contribution in [-0.4, -0.2) is 24.6 Å². The predicted molar refractivity (Wildman–Crippen MR) is 57.3 cm³/mol. The largest absolute Gasteiger partial charge is 0.466 e. The van der Waals surface area contributed by atoms with E-state index in [4.69, 9.17) is 4.74 Å². The summed E-state index contributed by atoms with van der Waals surface area (Å²) in [5.74, 6) is -0.194. The molecule has 0 aromatic carbocycles. The lowest BCUT2D eigenvalue weighted by Crippen LogP contribution is -2.21. The van der Waals surface area contributed by atoms with Gasteiger partial charge in [0.25, 0.3) is 0 Å². The highest BCUT2D eigenvalue weighted by molar-refractivity contribution is 5.70. The molecule has 1 unspecified atom stereocenters. The number of rotatable bonds is 5. The quantitative estimate of drug-likeness (QED) is 0.741. The van der Waals surface area contributed by atoms with Crippen molar-refractivity contribution in [3.63, 3.8) is 0 Å². The monoisotopic (exact) mass is 208 g/mol. The fourth-order valence-corrected chi connectivity index (χ4v) is 1.36. The first-order valence-electron chi connectivity index (χ1n) is 5.00. The molecule has 0 aliphatic carbocycles. The van der Waals surface area contributed by atoms with Crippen molar-refractivity contribution in [2.75, 3.05) is 13.7 Å². The number of carbonyl (C=O) groups is 1. The zero-order valence-corrected chi connectivity index (χ0v) is 9.06. The molecular formula is C11H16N2O2. The first kappa shape index (κ1) is 11.7. The highest BCUT2D eigenvalue weighted by atomic mass is 16.5. The average molecular weight is 208 g/mol. The molecule has 0 aliphatic heterocycles. The molecule has 0 radical (unpaired) electrons. The molecule has 0 fully saturated rings. The molecule has 1 aromatic heterocycles. The summed E-state index contributed by atoms with van der Waals surface area (Å²) in [5, 5.41) is 3.07. The minimum atomic E-state index is -0.194. The lowest BCUT2D eigenvalue weighted by molar-refractivity contribution is -0.143. The van der Waals surface area contributed by atoms with E-state index in [1.165, 1.54) is 0 Å². The number of esters is 1. The Morgan fingerprint density at radius 3 is 3.00 bits per heavy atom. The van der Waals surface area contributed by atoms with Gasteiger partial charge >= 0.3 is 5.97 Å². The van der Waals surface area contributed by atoms with Gasteiger partial charge in [-0.05, 0) is 25.6 Å². The molecule has 4 heteroatoms. The van der Waals surface area contributed by atoms with Gasteiger partial charge in [0.1, 0.15) is 0 Å². The van der Waals surface area contributed by atoms with Gasteiger partial charge in [0, 0.05) is 18.4 Å². The molecule has 0 amide bonds. The molecule has 1 aromatic rings. The number of nitrogens with zero attached hydrogens (tertiary/aromatic N) is 1. The number of hydrogen-bond donors (Lipinski definition) is 1. The van der Waals surface area contributed by atoms with Crippen LogP contribution in [0.4, 0.5) is 0 Å². The zero-order chi connectivity index (χ0) is 11.1. The second kappa shape index (κ2) is 6.14. The Morgan fingerprint density at radius 1 is 1.67 bits per heavy atom. The maximum atomic E-state index is 11.3. The third kappa shape index (κ3) is 3.67. The molecule has 0 aliphatic rings. The van der Waals surface area contributed by atoms with Crippen molar-refractivity contribution in [3.8, 4) is 0 Å². The Morgan fingerprint density at radius 2 is 2.47 bits per heavy atom. The Bertz CT molecular complexity index is 301. The fourth-order valence-electron chi connectivity index (χ4n) is 1.36. The standard InChI is InChI=1S/C11H16N2O2/c1-3-15-11(14)7-10(12-2)9-5-4-6-13-8-9/h4-6,8,10,12H,3,7H2,1-2H3. The van der Waals surface area contributed by atoms with Crippen LogP contribution in [0.2, 0.25) is 0 Å². The van der Waals surface area contributed by atoms with Gasteiger partial charge in [-0.25, -0.2) is 0 Å². The van der Waals surface area contributed by atoms with E-state index in [1.807, 2.05) is 19.2 Å². The van der Waals surface area contributed by atoms with Gasteiger partial charge in [0.05, 0.1) is 13.0 Å². The summed E-state index contributed by atoms with van der Waals surface area (Å²) in [5.41, 5.74) is 0.994. The van der Waals surface area contributed by atoms with Crippen LogP contribution in [0.5, 0.6) is 0 Å². The highest BCUT2D eigenvalue weighted by Crippen LogP contribution is 2.15. The van der Waals surface area contributed by atoms with E-state index >= 15 is 0 Å². The number of nitrogens with one attached hydrogen (secondary N) is 1. The van der Waals surface area contributed by atoms with E-state index < -0.39 is 0 Å². The van der Waals surface area contributed by atoms with Crippen LogP contribution < -0.4 is 5.32 Å². The number of pyridine rings is 1. The van der Waals surface area contributed by atoms with Gasteiger partial charge in [-0.2, -0.15) is 0 Å². The van der Waals surface area contributed by atoms with Crippen LogP contribution in [-0.2, 0) is 9.53 Å². The summed E-state index contributed by atoms with van der Waals surface area (Å²) in [6.07, 6.45) is 3.79. The lowest BCUT2D eigenvalue weighted by atomic mass is 10.1. The molecule has 15 heavy (non-hydrogen) atoms. The Hall–Kier alpha value is -1.42. The molecule has 1 rings (SSSR count). The number of carbonyl (C=O) groups excluding carboxylic acids is 1. The van der Waals surface area contributed by atoms with Crippen molar-refractivity contribution in [1.82, 2.24) is 10.3 Å². The van der Waals surface area contributed by atoms with Crippen molar-refractivity contribution in [2.24, 2.45) is 0 Å². The second-order valence-electron chi connectivity index (χ2n) is 3.14. The van der Waals surface area contributed by atoms with E-state index in [2.05, 4.69) is 10.3 Å². The van der Waals surface area contributed by atoms with E-state index in [0.29, 0.717) is 13.0 Å². The van der Waals surface area contributed by atoms with Gasteiger partial charge < -0.3 is 10.1 Å². The average Bonchev–Trinajstić information content (AvgIpc) is 2.27. The molecule has 1 atom stereocenters. The van der Waals surface area contributed by atoms with Crippen LogP contribution in [0.25, 0.3) is 0 Å². The Kier molecular flexibility index (Phi) is 4.77. The first-order valence-corrected chi connectivity index (χ1v) is 5.00. The predicted octanol–water partition coefficient (Wildman–Crippen LogP) is 1.30. The van der Waals surface area contributed by atoms with Crippen molar-refractivity contribution in [1.29, 1.82) is 0 Å². The zero-order valence-electron chi connectivity index (χ0n) is 9.06. The summed E-state index contributed by atoms with van der Waals surface area (Å²) in [6.45, 7) is 2.22. The second-order valence-corrected chi connectivity index (χ2v) is 3.14. The highest BCUT2D eigenvalue weighted by Gasteiger charge is 2.14. The van der Waals surface area contributed by atoms with E-state index in [-0.39, 0.29) is 12.0 Å². The van der Waals surface area contributed by atoms with Crippen molar-refractivity contribution in [3.05, 3.63) is 30.1 Å². The molecule has 1 N–H and O–H groups in total. The maximum absolute atomic E-state index is 11.3. The maximum Gasteiger partial charge on any atom is 0.307 e. The molecule has 1 heterocycles. The van der Waals surface area contributed by atoms with Gasteiger partial charge in [-0.1, -0.05) is 6.07 Å². The third-order valence-electron chi connectivity index (χ3n) is 2.11. The summed E-state index contributed by atoms with van der Waals surface area (Å²) in [7, 11) is 1.82. The van der Waals surface area contributed by atoms with E-state index in [0.717, 1.165) is 5.56 Å². The number of aromatic nitrogens is 1. The van der Waals surface area contributed by atoms with E-state index in [9.17, 15) is 4.79 Å². The number of hydrogen-bond acceptors (Lipinski definition) is 4. The molecule has 4 nitrogen and oxygen atoms in total. The SMILES string of the molecule is CCOC(=O)CC(NC)c1cccnc1. The van der Waals surface area contributed by atoms with E-state index in [1.54, 1.807) is 19.3 Å². The number of ether oxygens (including phenoxy) is 1. The third-order valence-corrected chi connectivity index (χ3v) is 2.11. The van der Waals surface area contributed by atoms with Crippen molar-refractivity contribution >= 4 is 5.97 Å². The van der Waals surface area contributed by atoms with Crippen LogP contribution in [0.3, 0.4) is 0 Å². The molecule has 0 bridgehead atoms. The van der Waals surface area contributed by atoms with Gasteiger partial charge in [-0.15, -0.1) is 0 Å². The Balaban J connectivity index is 2.61. The van der Waals surface area contributed by atoms with Crippen LogP contribution in [0, 0.1) is 0 Å². The van der Waals surface area contributed by atoms with Crippen LogP contribution in [0.15, 0.2) is 24.5 Å². The molecule has 82 valence electrons. The van der Waals surface area contributed by atoms with Crippen molar-refractivity contribution in [2.45, 2.75) is 19.4 Å². The normalized spacial score (nSPS) is 12.1. The molecular weight excluding hydrogens is 192 g/mol. The minimum absolute atomic E-state index is 0.0299. The van der Waals surface area contributed by atoms with Gasteiger partial charge in [-0.3, -0.25) is 9.78 Å². The minimum Gasteiger partial charge on any atom is -0.466 e.